The molecule has 1 aromatic carbocycles. The zero-order chi connectivity index (χ0) is 20.8. The molecule has 30 heavy (non-hydrogen) atoms. The van der Waals surface area contributed by atoms with E-state index in [0.717, 1.165) is 38.9 Å². The lowest BCUT2D eigenvalue weighted by Crippen LogP contribution is -2.23. The number of hydrogen-bond donors (Lipinski definition) is 0. The van der Waals surface area contributed by atoms with Crippen LogP contribution in [0.15, 0.2) is 59.8 Å². The van der Waals surface area contributed by atoms with Crippen molar-refractivity contribution in [3.8, 4) is 22.8 Å². The first-order valence-electron chi connectivity index (χ1n) is 9.65. The van der Waals surface area contributed by atoms with Crippen LogP contribution >= 0.6 is 0 Å². The van der Waals surface area contributed by atoms with Crippen molar-refractivity contribution in [2.75, 3.05) is 7.11 Å². The van der Waals surface area contributed by atoms with Crippen molar-refractivity contribution in [3.63, 3.8) is 0 Å². The van der Waals surface area contributed by atoms with Gasteiger partial charge in [0.15, 0.2) is 0 Å². The summed E-state index contributed by atoms with van der Waals surface area (Å²) in [5.74, 6) is 1.30. The number of rotatable bonds is 4. The molecule has 0 aliphatic carbocycles. The largest absolute Gasteiger partial charge is 0.481 e. The van der Waals surface area contributed by atoms with Crippen molar-refractivity contribution in [2.45, 2.75) is 13.5 Å². The van der Waals surface area contributed by atoms with Gasteiger partial charge in [-0.2, -0.15) is 5.10 Å². The van der Waals surface area contributed by atoms with E-state index in [0.29, 0.717) is 12.4 Å². The summed E-state index contributed by atoms with van der Waals surface area (Å²) in [6, 6.07) is 11.7. The van der Waals surface area contributed by atoms with Crippen LogP contribution in [0.5, 0.6) is 5.88 Å². The molecular formula is C22H20N6O2. The van der Waals surface area contributed by atoms with Crippen LogP contribution in [0.25, 0.3) is 38.9 Å². The van der Waals surface area contributed by atoms with E-state index in [-0.39, 0.29) is 5.69 Å². The van der Waals surface area contributed by atoms with E-state index in [4.69, 9.17) is 4.74 Å². The van der Waals surface area contributed by atoms with Gasteiger partial charge in [-0.15, -0.1) is 0 Å². The lowest BCUT2D eigenvalue weighted by molar-refractivity contribution is 0.398. The Morgan fingerprint density at radius 2 is 1.87 bits per heavy atom. The van der Waals surface area contributed by atoms with Gasteiger partial charge in [0.05, 0.1) is 36.1 Å². The number of pyridine rings is 2. The normalized spacial score (nSPS) is 11.4. The van der Waals surface area contributed by atoms with E-state index in [9.17, 15) is 4.79 Å². The number of imidazole rings is 1. The predicted molar refractivity (Wildman–Crippen MR) is 115 cm³/mol. The molecule has 5 rings (SSSR count). The second kappa shape index (κ2) is 6.84. The van der Waals surface area contributed by atoms with Crippen molar-refractivity contribution >= 4 is 21.9 Å². The van der Waals surface area contributed by atoms with Crippen LogP contribution in [0.3, 0.4) is 0 Å². The highest BCUT2D eigenvalue weighted by Crippen LogP contribution is 2.30. The standard InChI is InChI=1S/C22H20N6O2/c1-4-27-20(9-10-25-27)28-21-16-11-14(15-6-8-19(30-3)24-12-15)5-7-17(16)23-13-18(21)26(2)22(28)29/h5-13H,4H2,1-3H3. The number of methoxy groups -OCH3 is 1. The molecule has 0 spiro atoms. The zero-order valence-corrected chi connectivity index (χ0v) is 16.9. The fraction of sp³-hybridized carbons (Fsp3) is 0.182. The fourth-order valence-electron chi connectivity index (χ4n) is 3.82. The van der Waals surface area contributed by atoms with Gasteiger partial charge in [-0.25, -0.2) is 19.0 Å². The quantitative estimate of drug-likeness (QED) is 0.463. The van der Waals surface area contributed by atoms with Gasteiger partial charge in [-0.1, -0.05) is 6.07 Å². The summed E-state index contributed by atoms with van der Waals surface area (Å²) in [6.45, 7) is 2.66. The lowest BCUT2D eigenvalue weighted by Gasteiger charge is -2.09. The second-order valence-corrected chi connectivity index (χ2v) is 7.00. The topological polar surface area (TPSA) is 79.8 Å². The van der Waals surface area contributed by atoms with Crippen molar-refractivity contribution < 1.29 is 4.74 Å². The Morgan fingerprint density at radius 3 is 2.60 bits per heavy atom. The predicted octanol–water partition coefficient (Wildman–Crippen LogP) is 3.16. The van der Waals surface area contributed by atoms with E-state index in [2.05, 4.69) is 21.1 Å². The molecule has 5 aromatic rings. The van der Waals surface area contributed by atoms with Gasteiger partial charge in [-0.3, -0.25) is 9.55 Å². The molecule has 0 bridgehead atoms. The Bertz CT molecular complexity index is 1440. The number of aromatic nitrogens is 6. The Labute approximate surface area is 172 Å². The summed E-state index contributed by atoms with van der Waals surface area (Å²) in [7, 11) is 3.36. The molecule has 0 N–H and O–H groups in total. The molecule has 0 amide bonds. The molecule has 0 fully saturated rings. The van der Waals surface area contributed by atoms with E-state index in [1.807, 2.05) is 41.9 Å². The van der Waals surface area contributed by atoms with E-state index in [1.54, 1.807) is 41.9 Å². The molecule has 0 saturated heterocycles. The molecular weight excluding hydrogens is 380 g/mol. The molecule has 8 nitrogen and oxygen atoms in total. The van der Waals surface area contributed by atoms with Gasteiger partial charge in [-0.05, 0) is 30.7 Å². The molecule has 0 radical (unpaired) electrons. The second-order valence-electron chi connectivity index (χ2n) is 7.00. The van der Waals surface area contributed by atoms with Crippen LogP contribution in [0, 0.1) is 0 Å². The molecule has 0 atom stereocenters. The molecule has 0 unspecified atom stereocenters. The molecule has 0 aliphatic heterocycles. The fourth-order valence-corrected chi connectivity index (χ4v) is 3.82. The van der Waals surface area contributed by atoms with Gasteiger partial charge < -0.3 is 4.74 Å². The highest BCUT2D eigenvalue weighted by molar-refractivity contribution is 6.04. The third-order valence-corrected chi connectivity index (χ3v) is 5.38. The monoisotopic (exact) mass is 400 g/mol. The maximum absolute atomic E-state index is 13.2. The lowest BCUT2D eigenvalue weighted by atomic mass is 10.0. The minimum absolute atomic E-state index is 0.133. The average Bonchev–Trinajstić information content (AvgIpc) is 3.36. The third kappa shape index (κ3) is 2.61. The highest BCUT2D eigenvalue weighted by atomic mass is 16.5. The van der Waals surface area contributed by atoms with Crippen LogP contribution in [-0.2, 0) is 13.6 Å². The summed E-state index contributed by atoms with van der Waals surface area (Å²) in [6.07, 6.45) is 5.23. The summed E-state index contributed by atoms with van der Waals surface area (Å²) >= 11 is 0. The first kappa shape index (κ1) is 18.1. The number of benzene rings is 1. The summed E-state index contributed by atoms with van der Waals surface area (Å²) in [4.78, 5) is 22.0. The van der Waals surface area contributed by atoms with Crippen LogP contribution in [-0.4, -0.2) is 36.0 Å². The van der Waals surface area contributed by atoms with E-state index < -0.39 is 0 Å². The van der Waals surface area contributed by atoms with E-state index in [1.165, 1.54) is 0 Å². The van der Waals surface area contributed by atoms with Gasteiger partial charge in [0.2, 0.25) is 5.88 Å². The summed E-state index contributed by atoms with van der Waals surface area (Å²) in [5, 5.41) is 5.23. The maximum atomic E-state index is 13.2. The summed E-state index contributed by atoms with van der Waals surface area (Å²) < 4.78 is 10.3. The molecule has 4 aromatic heterocycles. The van der Waals surface area contributed by atoms with Crippen molar-refractivity contribution in [3.05, 3.63) is 65.5 Å². The number of ether oxygens (including phenoxy) is 1. The van der Waals surface area contributed by atoms with Gasteiger partial charge in [0.25, 0.3) is 0 Å². The van der Waals surface area contributed by atoms with Crippen LogP contribution in [0.1, 0.15) is 6.92 Å². The minimum Gasteiger partial charge on any atom is -0.481 e. The maximum Gasteiger partial charge on any atom is 0.334 e. The minimum atomic E-state index is -0.133. The van der Waals surface area contributed by atoms with Crippen LogP contribution < -0.4 is 10.4 Å². The van der Waals surface area contributed by atoms with Gasteiger partial charge in [0, 0.05) is 42.9 Å². The Balaban J connectivity index is 1.83. The van der Waals surface area contributed by atoms with Crippen LogP contribution in [0.2, 0.25) is 0 Å². The smallest absolute Gasteiger partial charge is 0.334 e. The molecule has 150 valence electrons. The molecule has 4 heterocycles. The van der Waals surface area contributed by atoms with Crippen LogP contribution in [0.4, 0.5) is 0 Å². The number of hydrogen-bond acceptors (Lipinski definition) is 5. The highest BCUT2D eigenvalue weighted by Gasteiger charge is 2.18. The Morgan fingerprint density at radius 1 is 1.03 bits per heavy atom. The third-order valence-electron chi connectivity index (χ3n) is 5.38. The first-order chi connectivity index (χ1) is 14.6. The SMILES string of the molecule is CCn1nccc1-n1c(=O)n(C)c2cnc3ccc(-c4ccc(OC)nc4)cc3c21. The molecule has 8 heteroatoms. The Hall–Kier alpha value is -3.94. The first-order valence-corrected chi connectivity index (χ1v) is 9.65. The molecule has 0 saturated carbocycles. The number of nitrogens with zero attached hydrogens (tertiary/aromatic N) is 6. The summed E-state index contributed by atoms with van der Waals surface area (Å²) in [5.41, 5.74) is 4.20. The van der Waals surface area contributed by atoms with Gasteiger partial charge in [0.1, 0.15) is 5.82 Å². The van der Waals surface area contributed by atoms with E-state index >= 15 is 0 Å². The van der Waals surface area contributed by atoms with Crippen molar-refractivity contribution in [1.82, 2.24) is 28.9 Å². The number of fused-ring (bicyclic) bond motifs is 3. The number of aryl methyl sites for hydroxylation is 2. The van der Waals surface area contributed by atoms with Crippen molar-refractivity contribution in [1.29, 1.82) is 0 Å². The Kier molecular flexibility index (Phi) is 4.13. The van der Waals surface area contributed by atoms with Gasteiger partial charge >= 0.3 is 5.69 Å². The molecule has 0 aliphatic rings. The average molecular weight is 400 g/mol. The zero-order valence-electron chi connectivity index (χ0n) is 16.9. The van der Waals surface area contributed by atoms with Crippen molar-refractivity contribution in [2.24, 2.45) is 7.05 Å².